The summed E-state index contributed by atoms with van der Waals surface area (Å²) >= 11 is 1.22. The first-order valence-corrected chi connectivity index (χ1v) is 9.33. The van der Waals surface area contributed by atoms with E-state index in [1.165, 1.54) is 18.9 Å². The van der Waals surface area contributed by atoms with Crippen molar-refractivity contribution in [3.8, 4) is 0 Å². The molecular formula is C17H23N5O3S. The van der Waals surface area contributed by atoms with Crippen LogP contribution in [0.25, 0.3) is 0 Å². The van der Waals surface area contributed by atoms with Gasteiger partial charge in [0.25, 0.3) is 0 Å². The van der Waals surface area contributed by atoms with E-state index in [1.54, 1.807) is 4.68 Å². The van der Waals surface area contributed by atoms with Crippen molar-refractivity contribution in [1.29, 1.82) is 0 Å². The van der Waals surface area contributed by atoms with E-state index in [2.05, 4.69) is 20.8 Å². The van der Waals surface area contributed by atoms with E-state index in [0.717, 1.165) is 12.0 Å². The lowest BCUT2D eigenvalue weighted by atomic mass is 9.99. The minimum Gasteiger partial charge on any atom is -0.467 e. The van der Waals surface area contributed by atoms with Gasteiger partial charge in [-0.2, -0.15) is 0 Å². The molecule has 2 rings (SSSR count). The van der Waals surface area contributed by atoms with Crippen LogP contribution >= 0.6 is 11.8 Å². The number of nitrogens with one attached hydrogen (secondary N) is 1. The molecule has 8 nitrogen and oxygen atoms in total. The second-order valence-electron chi connectivity index (χ2n) is 5.85. The van der Waals surface area contributed by atoms with Crippen molar-refractivity contribution < 1.29 is 14.3 Å². The summed E-state index contributed by atoms with van der Waals surface area (Å²) in [6.45, 7) is 4.38. The first-order chi connectivity index (χ1) is 12.5. The van der Waals surface area contributed by atoms with Gasteiger partial charge in [-0.15, -0.1) is 5.10 Å². The Bertz CT molecular complexity index is 722. The third kappa shape index (κ3) is 5.55. The van der Waals surface area contributed by atoms with Gasteiger partial charge in [0.2, 0.25) is 11.1 Å². The minimum absolute atomic E-state index is 0.0141. The number of nitrogens with zero attached hydrogens (tertiary/aromatic N) is 4. The average molecular weight is 377 g/mol. The monoisotopic (exact) mass is 377 g/mol. The largest absolute Gasteiger partial charge is 0.467 e. The summed E-state index contributed by atoms with van der Waals surface area (Å²) in [6, 6.07) is 9.14. The quantitative estimate of drug-likeness (QED) is 0.522. The number of aromatic nitrogens is 4. The highest BCUT2D eigenvalue weighted by Crippen LogP contribution is 2.16. The summed E-state index contributed by atoms with van der Waals surface area (Å²) in [7, 11) is 1.32. The molecule has 0 saturated heterocycles. The van der Waals surface area contributed by atoms with Crippen LogP contribution < -0.4 is 5.32 Å². The Hall–Kier alpha value is -2.42. The van der Waals surface area contributed by atoms with Crippen molar-refractivity contribution in [3.05, 3.63) is 35.9 Å². The maximum absolute atomic E-state index is 12.2. The first kappa shape index (κ1) is 19.9. The molecule has 26 heavy (non-hydrogen) atoms. The molecule has 0 saturated carbocycles. The molecule has 0 aliphatic heterocycles. The third-order valence-electron chi connectivity index (χ3n) is 3.99. The van der Waals surface area contributed by atoms with Gasteiger partial charge in [0.05, 0.1) is 19.4 Å². The Kier molecular flexibility index (Phi) is 7.58. The van der Waals surface area contributed by atoms with Crippen molar-refractivity contribution in [3.63, 3.8) is 0 Å². The van der Waals surface area contributed by atoms with E-state index < -0.39 is 12.0 Å². The van der Waals surface area contributed by atoms with Crippen LogP contribution in [0.15, 0.2) is 35.5 Å². The van der Waals surface area contributed by atoms with Crippen LogP contribution in [0.1, 0.15) is 25.8 Å². The van der Waals surface area contributed by atoms with Crippen molar-refractivity contribution in [2.75, 3.05) is 12.9 Å². The lowest BCUT2D eigenvalue weighted by Gasteiger charge is -2.21. The van der Waals surface area contributed by atoms with E-state index in [0.29, 0.717) is 11.7 Å². The van der Waals surface area contributed by atoms with Gasteiger partial charge in [0.1, 0.15) is 6.04 Å². The van der Waals surface area contributed by atoms with Gasteiger partial charge in [0, 0.05) is 0 Å². The number of amides is 1. The lowest BCUT2D eigenvalue weighted by molar-refractivity contribution is -0.146. The summed E-state index contributed by atoms with van der Waals surface area (Å²) < 4.78 is 6.41. The molecule has 1 N–H and O–H groups in total. The van der Waals surface area contributed by atoms with Gasteiger partial charge in [-0.25, -0.2) is 9.48 Å². The molecule has 0 aliphatic rings. The van der Waals surface area contributed by atoms with Crippen molar-refractivity contribution in [2.24, 2.45) is 5.92 Å². The third-order valence-corrected chi connectivity index (χ3v) is 4.95. The fourth-order valence-electron chi connectivity index (χ4n) is 2.30. The maximum atomic E-state index is 12.2. The first-order valence-electron chi connectivity index (χ1n) is 8.35. The zero-order valence-corrected chi connectivity index (χ0v) is 15.9. The molecule has 0 spiro atoms. The number of esters is 1. The summed E-state index contributed by atoms with van der Waals surface area (Å²) in [6.07, 6.45) is 0.752. The summed E-state index contributed by atoms with van der Waals surface area (Å²) in [4.78, 5) is 24.1. The number of benzene rings is 1. The molecule has 0 radical (unpaired) electrons. The maximum Gasteiger partial charge on any atom is 0.328 e. The second kappa shape index (κ2) is 9.91. The molecule has 2 unspecified atom stereocenters. The Balaban J connectivity index is 1.93. The number of methoxy groups -OCH3 is 1. The zero-order chi connectivity index (χ0) is 18.9. The number of carbonyl (C=O) groups excluding carboxylic acids is 2. The van der Waals surface area contributed by atoms with Crippen LogP contribution in [0.3, 0.4) is 0 Å². The fraction of sp³-hybridized carbons (Fsp3) is 0.471. The summed E-state index contributed by atoms with van der Waals surface area (Å²) in [5.74, 6) is -0.606. The number of thioether (sulfide) groups is 1. The Morgan fingerprint density at radius 3 is 2.69 bits per heavy atom. The molecule has 1 heterocycles. The summed E-state index contributed by atoms with van der Waals surface area (Å²) in [5.41, 5.74) is 1.06. The molecule has 1 amide bonds. The molecule has 1 aromatic carbocycles. The van der Waals surface area contributed by atoms with Crippen LogP contribution in [0, 0.1) is 5.92 Å². The fourth-order valence-corrected chi connectivity index (χ4v) is 2.98. The van der Waals surface area contributed by atoms with Crippen LogP contribution in [0.2, 0.25) is 0 Å². The number of ether oxygens (including phenoxy) is 1. The van der Waals surface area contributed by atoms with Gasteiger partial charge in [-0.05, 0) is 21.9 Å². The van der Waals surface area contributed by atoms with Gasteiger partial charge in [0.15, 0.2) is 0 Å². The summed E-state index contributed by atoms with van der Waals surface area (Å²) in [5, 5.41) is 14.9. The molecule has 1 aromatic heterocycles. The topological polar surface area (TPSA) is 99.0 Å². The van der Waals surface area contributed by atoms with Crippen LogP contribution in [0.5, 0.6) is 0 Å². The zero-order valence-electron chi connectivity index (χ0n) is 15.1. The smallest absolute Gasteiger partial charge is 0.328 e. The molecule has 0 aliphatic carbocycles. The SMILES string of the molecule is CCC(C)C(NC(=O)CSc1nnnn1Cc1ccccc1)C(=O)OC. The van der Waals surface area contributed by atoms with Crippen LogP contribution in [-0.4, -0.2) is 51.0 Å². The Morgan fingerprint density at radius 2 is 2.04 bits per heavy atom. The predicted molar refractivity (Wildman–Crippen MR) is 97.5 cm³/mol. The van der Waals surface area contributed by atoms with Gasteiger partial charge < -0.3 is 10.1 Å². The molecule has 0 bridgehead atoms. The number of rotatable bonds is 9. The van der Waals surface area contributed by atoms with Crippen LogP contribution in [-0.2, 0) is 20.9 Å². The Morgan fingerprint density at radius 1 is 1.31 bits per heavy atom. The van der Waals surface area contributed by atoms with E-state index in [1.807, 2.05) is 44.2 Å². The number of carbonyl (C=O) groups is 2. The van der Waals surface area contributed by atoms with Crippen molar-refractivity contribution >= 4 is 23.6 Å². The van der Waals surface area contributed by atoms with E-state index >= 15 is 0 Å². The molecule has 9 heteroatoms. The molecule has 2 aromatic rings. The number of hydrogen-bond acceptors (Lipinski definition) is 7. The molecule has 2 atom stereocenters. The highest BCUT2D eigenvalue weighted by molar-refractivity contribution is 7.99. The lowest BCUT2D eigenvalue weighted by Crippen LogP contribution is -2.46. The normalized spacial score (nSPS) is 13.0. The van der Waals surface area contributed by atoms with Gasteiger partial charge in [-0.1, -0.05) is 62.4 Å². The van der Waals surface area contributed by atoms with Crippen molar-refractivity contribution in [1.82, 2.24) is 25.5 Å². The van der Waals surface area contributed by atoms with Crippen molar-refractivity contribution in [2.45, 2.75) is 38.0 Å². The number of hydrogen-bond donors (Lipinski definition) is 1. The van der Waals surface area contributed by atoms with E-state index in [9.17, 15) is 9.59 Å². The Labute approximate surface area is 156 Å². The van der Waals surface area contributed by atoms with Gasteiger partial charge in [-0.3, -0.25) is 4.79 Å². The number of tetrazole rings is 1. The minimum atomic E-state index is -0.654. The predicted octanol–water partition coefficient (Wildman–Crippen LogP) is 1.52. The molecular weight excluding hydrogens is 354 g/mol. The second-order valence-corrected chi connectivity index (χ2v) is 6.79. The van der Waals surface area contributed by atoms with Crippen LogP contribution in [0.4, 0.5) is 0 Å². The average Bonchev–Trinajstić information content (AvgIpc) is 3.11. The molecule has 0 fully saturated rings. The van der Waals surface area contributed by atoms with E-state index in [-0.39, 0.29) is 17.6 Å². The molecule has 140 valence electrons. The highest BCUT2D eigenvalue weighted by atomic mass is 32.2. The highest BCUT2D eigenvalue weighted by Gasteiger charge is 2.26. The van der Waals surface area contributed by atoms with Gasteiger partial charge >= 0.3 is 5.97 Å². The standard InChI is InChI=1S/C17H23N5O3S/c1-4-12(2)15(16(24)25-3)18-14(23)11-26-17-19-20-21-22(17)10-13-8-6-5-7-9-13/h5-9,12,15H,4,10-11H2,1-3H3,(H,18,23). The van der Waals surface area contributed by atoms with E-state index in [4.69, 9.17) is 4.74 Å².